The van der Waals surface area contributed by atoms with Crippen LogP contribution in [0.15, 0.2) is 30.7 Å². The molecule has 3 heterocycles. The zero-order valence-electron chi connectivity index (χ0n) is 16.6. The molecule has 0 bridgehead atoms. The summed E-state index contributed by atoms with van der Waals surface area (Å²) < 4.78 is 53.0. The van der Waals surface area contributed by atoms with Crippen molar-refractivity contribution in [2.24, 2.45) is 0 Å². The zero-order valence-corrected chi connectivity index (χ0v) is 16.6. The minimum atomic E-state index is -3.26. The molecule has 31 heavy (non-hydrogen) atoms. The van der Waals surface area contributed by atoms with Gasteiger partial charge in [-0.25, -0.2) is 23.7 Å². The summed E-state index contributed by atoms with van der Waals surface area (Å²) in [6.45, 7) is 3.51. The highest BCUT2D eigenvalue weighted by atomic mass is 19.3. The van der Waals surface area contributed by atoms with E-state index in [0.717, 1.165) is 12.4 Å². The number of nitrogens with one attached hydrogen (secondary N) is 2. The van der Waals surface area contributed by atoms with Gasteiger partial charge < -0.3 is 10.6 Å². The van der Waals surface area contributed by atoms with Gasteiger partial charge >= 0.3 is 5.92 Å². The summed E-state index contributed by atoms with van der Waals surface area (Å²) in [6, 6.07) is 2.88. The maximum Gasteiger partial charge on any atom is 0.303 e. The van der Waals surface area contributed by atoms with Crippen LogP contribution in [0.25, 0.3) is 11.3 Å². The third-order valence-corrected chi connectivity index (χ3v) is 3.89. The number of rotatable bonds is 6. The molecule has 0 aliphatic carbocycles. The lowest BCUT2D eigenvalue weighted by molar-refractivity contribution is -0.114. The molecule has 0 atom stereocenters. The third-order valence-electron chi connectivity index (χ3n) is 3.89. The number of halogens is 4. The van der Waals surface area contributed by atoms with Gasteiger partial charge in [-0.05, 0) is 6.92 Å². The number of amides is 1. The first-order chi connectivity index (χ1) is 14.5. The molecule has 2 N–H and O–H groups in total. The van der Waals surface area contributed by atoms with Crippen LogP contribution < -0.4 is 10.6 Å². The van der Waals surface area contributed by atoms with Gasteiger partial charge in [0.05, 0.1) is 23.8 Å². The van der Waals surface area contributed by atoms with Gasteiger partial charge in [0.2, 0.25) is 11.7 Å². The van der Waals surface area contributed by atoms with Crippen molar-refractivity contribution in [3.05, 3.63) is 47.9 Å². The molecule has 0 radical (unpaired) electrons. The topological polar surface area (TPSA) is 106 Å². The van der Waals surface area contributed by atoms with Crippen molar-refractivity contribution in [3.8, 4) is 11.3 Å². The number of alkyl halides is 4. The zero-order chi connectivity index (χ0) is 22.8. The van der Waals surface area contributed by atoms with Crippen molar-refractivity contribution < 1.29 is 22.4 Å². The molecule has 0 spiro atoms. The summed E-state index contributed by atoms with van der Waals surface area (Å²) in [5.41, 5.74) is 0.598. The Hall–Kier alpha value is -3.70. The second kappa shape index (κ2) is 8.58. The molecule has 12 heteroatoms. The summed E-state index contributed by atoms with van der Waals surface area (Å²) in [6.07, 6.45) is 0.620. The number of nitrogens with zero attached hydrogens (tertiary/aromatic N) is 5. The van der Waals surface area contributed by atoms with Crippen molar-refractivity contribution in [2.75, 3.05) is 10.6 Å². The molecule has 3 aromatic heterocycles. The predicted octanol–water partition coefficient (Wildman–Crippen LogP) is 4.39. The van der Waals surface area contributed by atoms with E-state index in [1.165, 1.54) is 32.2 Å². The molecule has 8 nitrogen and oxygen atoms in total. The normalized spacial score (nSPS) is 11.5. The summed E-state index contributed by atoms with van der Waals surface area (Å²) in [5.74, 6) is -4.08. The lowest BCUT2D eigenvalue weighted by Crippen LogP contribution is -2.14. The molecule has 0 saturated carbocycles. The Morgan fingerprint density at radius 2 is 1.77 bits per heavy atom. The Morgan fingerprint density at radius 3 is 2.35 bits per heavy atom. The van der Waals surface area contributed by atoms with Crippen molar-refractivity contribution in [1.29, 1.82) is 0 Å². The molecule has 0 aromatic carbocycles. The van der Waals surface area contributed by atoms with E-state index >= 15 is 0 Å². The first-order valence-electron chi connectivity index (χ1n) is 8.92. The van der Waals surface area contributed by atoms with Gasteiger partial charge in [-0.1, -0.05) is 0 Å². The number of hydrogen-bond donors (Lipinski definition) is 2. The Morgan fingerprint density at radius 1 is 1.03 bits per heavy atom. The number of anilines is 3. The Balaban J connectivity index is 2.06. The third kappa shape index (κ3) is 5.47. The summed E-state index contributed by atoms with van der Waals surface area (Å²) >= 11 is 0. The predicted molar refractivity (Wildman–Crippen MR) is 104 cm³/mol. The summed E-state index contributed by atoms with van der Waals surface area (Å²) in [5, 5.41) is 5.39. The van der Waals surface area contributed by atoms with Crippen molar-refractivity contribution in [1.82, 2.24) is 24.9 Å². The maximum atomic E-state index is 13.7. The van der Waals surface area contributed by atoms with E-state index in [1.807, 2.05) is 0 Å². The first-order valence-corrected chi connectivity index (χ1v) is 8.92. The van der Waals surface area contributed by atoms with Crippen LogP contribution in [-0.2, 0) is 10.7 Å². The van der Waals surface area contributed by atoms with Crippen LogP contribution in [0.3, 0.4) is 0 Å². The SMILES string of the molecule is CC(=O)Nc1cc(Nc2cc(C)nc(C(C)(F)F)n2)c(-c2cnc(C(F)F)cn2)cn1. The van der Waals surface area contributed by atoms with Crippen LogP contribution in [0.5, 0.6) is 0 Å². The van der Waals surface area contributed by atoms with Gasteiger partial charge in [0, 0.05) is 43.4 Å². The van der Waals surface area contributed by atoms with E-state index in [0.29, 0.717) is 18.2 Å². The van der Waals surface area contributed by atoms with Gasteiger partial charge in [-0.15, -0.1) is 0 Å². The number of carbonyl (C=O) groups excluding carboxylic acids is 1. The average molecular weight is 435 g/mol. The second-order valence-electron chi connectivity index (χ2n) is 6.66. The molecular formula is C19H17F4N7O. The molecule has 0 saturated heterocycles. The van der Waals surface area contributed by atoms with Crippen molar-refractivity contribution in [3.63, 3.8) is 0 Å². The molecule has 3 rings (SSSR count). The van der Waals surface area contributed by atoms with Crippen LogP contribution in [0.1, 0.15) is 37.5 Å². The smallest absolute Gasteiger partial charge is 0.303 e. The molecule has 3 aromatic rings. The number of pyridine rings is 1. The molecule has 0 unspecified atom stereocenters. The van der Waals surface area contributed by atoms with Gasteiger partial charge in [-0.3, -0.25) is 14.8 Å². The Bertz CT molecular complexity index is 1100. The van der Waals surface area contributed by atoms with E-state index in [2.05, 4.69) is 35.6 Å². The Kier molecular flexibility index (Phi) is 6.09. The first kappa shape index (κ1) is 22.0. The highest BCUT2D eigenvalue weighted by molar-refractivity contribution is 5.89. The van der Waals surface area contributed by atoms with Crippen LogP contribution in [-0.4, -0.2) is 30.8 Å². The van der Waals surface area contributed by atoms with Gasteiger partial charge in [-0.2, -0.15) is 8.78 Å². The number of aryl methyl sites for hydroxylation is 1. The molecule has 0 fully saturated rings. The van der Waals surface area contributed by atoms with Crippen LogP contribution in [0.2, 0.25) is 0 Å². The molecule has 162 valence electrons. The monoisotopic (exact) mass is 435 g/mol. The second-order valence-corrected chi connectivity index (χ2v) is 6.66. The molecular weight excluding hydrogens is 418 g/mol. The quantitative estimate of drug-likeness (QED) is 0.553. The highest BCUT2D eigenvalue weighted by Crippen LogP contribution is 2.32. The summed E-state index contributed by atoms with van der Waals surface area (Å²) in [7, 11) is 0. The number of hydrogen-bond acceptors (Lipinski definition) is 7. The molecule has 1 amide bonds. The van der Waals surface area contributed by atoms with E-state index in [-0.39, 0.29) is 28.9 Å². The fourth-order valence-electron chi connectivity index (χ4n) is 2.57. The fourth-order valence-corrected chi connectivity index (χ4v) is 2.57. The van der Waals surface area contributed by atoms with E-state index in [9.17, 15) is 22.4 Å². The lowest BCUT2D eigenvalue weighted by Gasteiger charge is -2.15. The van der Waals surface area contributed by atoms with Crippen LogP contribution in [0.4, 0.5) is 34.9 Å². The van der Waals surface area contributed by atoms with Crippen molar-refractivity contribution >= 4 is 23.2 Å². The number of aromatic nitrogens is 5. The van der Waals surface area contributed by atoms with Crippen molar-refractivity contribution in [2.45, 2.75) is 33.1 Å². The lowest BCUT2D eigenvalue weighted by atomic mass is 10.1. The maximum absolute atomic E-state index is 13.7. The van der Waals surface area contributed by atoms with Crippen LogP contribution >= 0.6 is 0 Å². The highest BCUT2D eigenvalue weighted by Gasteiger charge is 2.29. The minimum absolute atomic E-state index is 0.0578. The van der Waals surface area contributed by atoms with E-state index in [4.69, 9.17) is 0 Å². The summed E-state index contributed by atoms with van der Waals surface area (Å²) in [4.78, 5) is 30.7. The van der Waals surface area contributed by atoms with E-state index in [1.54, 1.807) is 0 Å². The standard InChI is InChI=1S/C19H17F4N7O/c1-9-4-16(30-18(27-9)19(3,22)23)29-12-5-15(28-10(2)31)26-6-11(12)13-7-25-14(8-24-13)17(20)21/h4-8,17H,1-3H3,(H2,26,27,28,29,30,31). The van der Waals surface area contributed by atoms with Gasteiger partial charge in [0.25, 0.3) is 6.43 Å². The number of carbonyl (C=O) groups is 1. The Labute approximate surface area is 174 Å². The molecule has 0 aliphatic heterocycles. The van der Waals surface area contributed by atoms with E-state index < -0.39 is 23.9 Å². The minimum Gasteiger partial charge on any atom is -0.339 e. The fraction of sp³-hybridized carbons (Fsp3) is 0.263. The largest absolute Gasteiger partial charge is 0.339 e. The van der Waals surface area contributed by atoms with Gasteiger partial charge in [0.15, 0.2) is 0 Å². The average Bonchev–Trinajstić information content (AvgIpc) is 2.67. The van der Waals surface area contributed by atoms with Gasteiger partial charge in [0.1, 0.15) is 17.3 Å². The van der Waals surface area contributed by atoms with Crippen LogP contribution in [0, 0.1) is 6.92 Å². The molecule has 0 aliphatic rings.